The number of ether oxygens (including phenoxy) is 1. The van der Waals surface area contributed by atoms with Crippen LogP contribution in [0.5, 0.6) is 5.75 Å². The number of hydrogen-bond donors (Lipinski definition) is 0. The van der Waals surface area contributed by atoms with Crippen LogP contribution in [0, 0.1) is 19.3 Å². The van der Waals surface area contributed by atoms with Gasteiger partial charge in [-0.25, -0.2) is 9.98 Å². The van der Waals surface area contributed by atoms with E-state index in [4.69, 9.17) is 19.8 Å². The van der Waals surface area contributed by atoms with E-state index in [1.807, 2.05) is 13.0 Å². The zero-order valence-corrected chi connectivity index (χ0v) is 28.4. The van der Waals surface area contributed by atoms with Gasteiger partial charge in [0.2, 0.25) is 0 Å². The van der Waals surface area contributed by atoms with Crippen molar-refractivity contribution in [3.8, 4) is 17.0 Å². The summed E-state index contributed by atoms with van der Waals surface area (Å²) in [6, 6.07) is 12.5. The molecule has 1 aliphatic heterocycles. The van der Waals surface area contributed by atoms with Crippen LogP contribution in [-0.4, -0.2) is 54.9 Å². The topological polar surface area (TPSA) is 75.3 Å². The van der Waals surface area contributed by atoms with Crippen molar-refractivity contribution in [2.45, 2.75) is 81.1 Å². The van der Waals surface area contributed by atoms with Crippen LogP contribution in [0.15, 0.2) is 51.3 Å². The summed E-state index contributed by atoms with van der Waals surface area (Å²) < 4.78 is 7.20. The minimum Gasteiger partial charge on any atom is -0.496 e. The molecule has 8 heteroatoms. The molecular formula is C36H50N6O2. The highest BCUT2D eigenvalue weighted by atomic mass is 16.5. The molecule has 3 aromatic rings. The Hall–Kier alpha value is -3.94. The molecule has 0 radical (unpaired) electrons. The van der Waals surface area contributed by atoms with Gasteiger partial charge in [-0.1, -0.05) is 47.5 Å². The van der Waals surface area contributed by atoms with Gasteiger partial charge < -0.3 is 14.5 Å². The summed E-state index contributed by atoms with van der Waals surface area (Å²) >= 11 is 0. The molecule has 2 heterocycles. The number of aromatic nitrogens is 2. The normalized spacial score (nSPS) is 13.7. The first-order chi connectivity index (χ1) is 20.9. The van der Waals surface area contributed by atoms with Crippen molar-refractivity contribution in [2.24, 2.45) is 15.5 Å². The van der Waals surface area contributed by atoms with Gasteiger partial charge in [-0.15, -0.1) is 0 Å². The largest absolute Gasteiger partial charge is 0.496 e. The summed E-state index contributed by atoms with van der Waals surface area (Å²) in [5.74, 6) is 1.12. The highest BCUT2D eigenvalue weighted by Gasteiger charge is 2.35. The van der Waals surface area contributed by atoms with E-state index in [0.717, 1.165) is 73.5 Å². The monoisotopic (exact) mass is 598 g/mol. The predicted octanol–water partition coefficient (Wildman–Crippen LogP) is 7.78. The molecule has 0 fully saturated rings. The zero-order valence-electron chi connectivity index (χ0n) is 28.4. The first-order valence-electron chi connectivity index (χ1n) is 16.0. The van der Waals surface area contributed by atoms with E-state index in [2.05, 4.69) is 95.6 Å². The molecular weight excluding hydrogens is 548 g/mol. The Bertz CT molecular complexity index is 1610. The Labute approximate surface area is 263 Å². The number of fused-ring (bicyclic) bond motifs is 1. The minimum absolute atomic E-state index is 0.203. The third-order valence-electron chi connectivity index (χ3n) is 8.30. The van der Waals surface area contributed by atoms with E-state index in [1.165, 1.54) is 10.4 Å². The Morgan fingerprint density at radius 2 is 1.64 bits per heavy atom. The van der Waals surface area contributed by atoms with E-state index in [1.54, 1.807) is 7.11 Å². The molecule has 1 aliphatic rings. The maximum atomic E-state index is 13.9. The van der Waals surface area contributed by atoms with Crippen LogP contribution in [0.4, 0.5) is 17.1 Å². The third kappa shape index (κ3) is 6.74. The molecule has 0 saturated carbocycles. The number of hydrogen-bond acceptors (Lipinski definition) is 7. The number of anilines is 2. The predicted molar refractivity (Wildman–Crippen MR) is 186 cm³/mol. The number of unbranched alkanes of at least 4 members (excludes halogenated alkanes) is 2. The van der Waals surface area contributed by atoms with Crippen LogP contribution < -0.4 is 20.1 Å². The first-order valence-corrected chi connectivity index (χ1v) is 16.0. The molecule has 0 spiro atoms. The number of nitrogens with zero attached hydrogens (tertiary/aromatic N) is 6. The third-order valence-corrected chi connectivity index (χ3v) is 8.30. The number of aliphatic imine (C=N–C) groups is 1. The van der Waals surface area contributed by atoms with Crippen molar-refractivity contribution in [1.82, 2.24) is 9.66 Å². The van der Waals surface area contributed by atoms with Crippen molar-refractivity contribution in [3.63, 3.8) is 0 Å². The molecule has 8 nitrogen and oxygen atoms in total. The lowest BCUT2D eigenvalue weighted by Crippen LogP contribution is -2.28. The summed E-state index contributed by atoms with van der Waals surface area (Å²) in [7, 11) is 3.74. The molecule has 4 rings (SSSR count). The van der Waals surface area contributed by atoms with Crippen molar-refractivity contribution in [3.05, 3.63) is 63.7 Å². The van der Waals surface area contributed by atoms with E-state index >= 15 is 0 Å². The molecule has 236 valence electrons. The van der Waals surface area contributed by atoms with E-state index in [9.17, 15) is 4.79 Å². The van der Waals surface area contributed by atoms with Crippen LogP contribution >= 0.6 is 0 Å². The molecule has 0 unspecified atom stereocenters. The van der Waals surface area contributed by atoms with Gasteiger partial charge in [0.15, 0.2) is 5.82 Å². The van der Waals surface area contributed by atoms with Crippen molar-refractivity contribution in [1.29, 1.82) is 0 Å². The average Bonchev–Trinajstić information content (AvgIpc) is 3.37. The van der Waals surface area contributed by atoms with Gasteiger partial charge in [0, 0.05) is 54.6 Å². The van der Waals surface area contributed by atoms with Gasteiger partial charge in [0.05, 0.1) is 24.2 Å². The summed E-state index contributed by atoms with van der Waals surface area (Å²) in [5.41, 5.74) is 6.83. The van der Waals surface area contributed by atoms with Crippen LogP contribution in [0.25, 0.3) is 11.3 Å². The van der Waals surface area contributed by atoms with Gasteiger partial charge in [0.1, 0.15) is 11.5 Å². The van der Waals surface area contributed by atoms with Gasteiger partial charge in [-0.05, 0) is 75.6 Å². The second-order valence-corrected chi connectivity index (χ2v) is 12.7. The van der Waals surface area contributed by atoms with Gasteiger partial charge in [-0.3, -0.25) is 4.79 Å². The highest BCUT2D eigenvalue weighted by Crippen LogP contribution is 2.36. The molecule has 0 saturated heterocycles. The quantitative estimate of drug-likeness (QED) is 0.213. The van der Waals surface area contributed by atoms with Gasteiger partial charge in [0.25, 0.3) is 5.56 Å². The standard InChI is InChI=1S/C36H50N6O2/c1-11-14-20-40(9)26-17-19-30(44-10)28(23-26)31-25(5)35(43)42-34(38-31)32(33(39-42)36(6,7)8)37-29-18-16-27(22-24(29)4)41(13-3)21-15-12-2/h16-19,22-23H,11-15,20-21H2,1-10H3/b37-32-. The van der Waals surface area contributed by atoms with Gasteiger partial charge in [-0.2, -0.15) is 9.78 Å². The average molecular weight is 599 g/mol. The summed E-state index contributed by atoms with van der Waals surface area (Å²) in [6.07, 6.45) is 4.53. The fraction of sp³-hybridized carbons (Fsp3) is 0.500. The summed E-state index contributed by atoms with van der Waals surface area (Å²) in [5, 5.41) is 4.82. The highest BCUT2D eigenvalue weighted by molar-refractivity contribution is 6.50. The molecule has 2 aromatic carbocycles. The van der Waals surface area contributed by atoms with Crippen LogP contribution in [0.3, 0.4) is 0 Å². The molecule has 44 heavy (non-hydrogen) atoms. The van der Waals surface area contributed by atoms with E-state index in [-0.39, 0.29) is 11.0 Å². The molecule has 1 aromatic heterocycles. The SMILES string of the molecule is CCCCN(C)c1ccc(OC)c(-c2nc3n(c(=O)c2C)N=C(C(C)(C)C)/C3=N/c2ccc(N(CC)CCCC)cc2C)c1. The number of methoxy groups -OCH3 is 1. The van der Waals surface area contributed by atoms with Crippen molar-refractivity contribution < 1.29 is 4.74 Å². The fourth-order valence-corrected chi connectivity index (χ4v) is 5.51. The lowest BCUT2D eigenvalue weighted by Gasteiger charge is -2.24. The molecule has 0 amide bonds. The van der Waals surface area contributed by atoms with Crippen molar-refractivity contribution >= 4 is 28.5 Å². The van der Waals surface area contributed by atoms with Crippen LogP contribution in [0.1, 0.15) is 84.2 Å². The first kappa shape index (κ1) is 33.0. The zero-order chi connectivity index (χ0) is 32.2. The van der Waals surface area contributed by atoms with Crippen LogP contribution in [0.2, 0.25) is 0 Å². The lowest BCUT2D eigenvalue weighted by atomic mass is 9.87. The maximum absolute atomic E-state index is 13.9. The Morgan fingerprint density at radius 3 is 2.25 bits per heavy atom. The number of benzene rings is 2. The fourth-order valence-electron chi connectivity index (χ4n) is 5.51. The van der Waals surface area contributed by atoms with Gasteiger partial charge >= 0.3 is 0 Å². The van der Waals surface area contributed by atoms with Crippen LogP contribution in [-0.2, 0) is 0 Å². The van der Waals surface area contributed by atoms with Crippen molar-refractivity contribution in [2.75, 3.05) is 43.6 Å². The number of rotatable bonds is 12. The van der Waals surface area contributed by atoms with E-state index in [0.29, 0.717) is 28.5 Å². The summed E-state index contributed by atoms with van der Waals surface area (Å²) in [6.45, 7) is 19.7. The Balaban J connectivity index is 1.88. The smallest absolute Gasteiger partial charge is 0.278 e. The van der Waals surface area contributed by atoms with E-state index < -0.39 is 0 Å². The maximum Gasteiger partial charge on any atom is 0.278 e. The summed E-state index contributed by atoms with van der Waals surface area (Å²) in [4.78, 5) is 28.8. The Morgan fingerprint density at radius 1 is 0.955 bits per heavy atom. The second kappa shape index (κ2) is 13.8. The number of aryl methyl sites for hydroxylation is 1. The molecule has 0 atom stereocenters. The molecule has 0 bridgehead atoms. The molecule has 0 aliphatic carbocycles. The molecule has 0 N–H and O–H groups in total. The Kier molecular flexibility index (Phi) is 10.3. The lowest BCUT2D eigenvalue weighted by molar-refractivity contribution is 0.416. The second-order valence-electron chi connectivity index (χ2n) is 12.7. The minimum atomic E-state index is -0.361.